The fourth-order valence-electron chi connectivity index (χ4n) is 3.51. The van der Waals surface area contributed by atoms with Crippen LogP contribution in [0.2, 0.25) is 0 Å². The summed E-state index contributed by atoms with van der Waals surface area (Å²) in [5.41, 5.74) is 6.85. The summed E-state index contributed by atoms with van der Waals surface area (Å²) >= 11 is 0. The van der Waals surface area contributed by atoms with Gasteiger partial charge in [0.25, 0.3) is 0 Å². The van der Waals surface area contributed by atoms with Crippen LogP contribution in [0.3, 0.4) is 0 Å². The van der Waals surface area contributed by atoms with E-state index in [1.54, 1.807) is 4.57 Å². The number of nitrogen functional groups attached to an aromatic ring is 1. The van der Waals surface area contributed by atoms with E-state index in [4.69, 9.17) is 10.5 Å². The van der Waals surface area contributed by atoms with Crippen molar-refractivity contribution in [2.45, 2.75) is 52.5 Å². The van der Waals surface area contributed by atoms with Gasteiger partial charge in [-0.05, 0) is 51.2 Å². The summed E-state index contributed by atoms with van der Waals surface area (Å²) in [6.45, 7) is 8.90. The number of hydrogen-bond donors (Lipinski definition) is 2. The molecule has 0 amide bonds. The molecule has 144 valence electrons. The number of piperidine rings is 1. The van der Waals surface area contributed by atoms with Crippen molar-refractivity contribution < 1.29 is 4.74 Å². The number of nitrogens with two attached hydrogens (primary N) is 1. The quantitative estimate of drug-likeness (QED) is 0.697. The van der Waals surface area contributed by atoms with Gasteiger partial charge in [0.1, 0.15) is 5.52 Å². The molecule has 2 aromatic rings. The molecule has 1 fully saturated rings. The first kappa shape index (κ1) is 18.7. The fraction of sp³-hybridized carbons (Fsp3) is 0.722. The molecule has 3 N–H and O–H groups in total. The summed E-state index contributed by atoms with van der Waals surface area (Å²) in [4.78, 5) is 26.2. The third kappa shape index (κ3) is 4.17. The van der Waals surface area contributed by atoms with Crippen molar-refractivity contribution in [2.75, 3.05) is 32.0 Å². The van der Waals surface area contributed by atoms with Crippen molar-refractivity contribution in [3.63, 3.8) is 0 Å². The summed E-state index contributed by atoms with van der Waals surface area (Å²) in [6.07, 6.45) is 5.31. The monoisotopic (exact) mass is 362 g/mol. The van der Waals surface area contributed by atoms with Gasteiger partial charge in [0.2, 0.25) is 0 Å². The van der Waals surface area contributed by atoms with Crippen molar-refractivity contribution in [1.29, 1.82) is 0 Å². The number of nitrogens with zero attached hydrogens (tertiary/aromatic N) is 4. The lowest BCUT2D eigenvalue weighted by atomic mass is 9.93. The zero-order valence-electron chi connectivity index (χ0n) is 15.8. The van der Waals surface area contributed by atoms with E-state index in [0.717, 1.165) is 38.9 Å². The average Bonchev–Trinajstić information content (AvgIpc) is 2.97. The van der Waals surface area contributed by atoms with Crippen molar-refractivity contribution >= 4 is 17.0 Å². The number of rotatable bonds is 8. The highest BCUT2D eigenvalue weighted by Crippen LogP contribution is 2.22. The maximum atomic E-state index is 12.4. The van der Waals surface area contributed by atoms with Crippen LogP contribution < -0.4 is 16.2 Å². The fourth-order valence-corrected chi connectivity index (χ4v) is 3.51. The molecular formula is C18H30N6O2. The molecule has 0 unspecified atom stereocenters. The van der Waals surface area contributed by atoms with Crippen molar-refractivity contribution in [3.8, 4) is 6.01 Å². The normalized spacial score (nSPS) is 16.4. The van der Waals surface area contributed by atoms with Gasteiger partial charge in [-0.15, -0.1) is 0 Å². The Hall–Kier alpha value is -2.09. The molecule has 8 heteroatoms. The van der Waals surface area contributed by atoms with Gasteiger partial charge < -0.3 is 20.4 Å². The van der Waals surface area contributed by atoms with Crippen LogP contribution in [0.25, 0.3) is 11.2 Å². The number of unbranched alkanes of at least 4 members (excludes halogenated alkanes) is 1. The number of fused-ring (bicyclic) bond motifs is 1. The highest BCUT2D eigenvalue weighted by Gasteiger charge is 2.20. The number of aromatic amines is 1. The molecule has 26 heavy (non-hydrogen) atoms. The smallest absolute Gasteiger partial charge is 0.327 e. The maximum Gasteiger partial charge on any atom is 0.327 e. The van der Waals surface area contributed by atoms with Crippen LogP contribution >= 0.6 is 0 Å². The van der Waals surface area contributed by atoms with E-state index in [1.807, 2.05) is 0 Å². The number of ether oxygens (including phenoxy) is 1. The minimum atomic E-state index is -0.183. The van der Waals surface area contributed by atoms with Gasteiger partial charge in [-0.3, -0.25) is 4.57 Å². The second kappa shape index (κ2) is 8.53. The first-order chi connectivity index (χ1) is 12.6. The van der Waals surface area contributed by atoms with Crippen LogP contribution in [0.5, 0.6) is 6.01 Å². The first-order valence-electron chi connectivity index (χ1n) is 9.73. The predicted octanol–water partition coefficient (Wildman–Crippen LogP) is 2.00. The maximum absolute atomic E-state index is 12.4. The molecule has 3 rings (SSSR count). The Labute approximate surface area is 153 Å². The van der Waals surface area contributed by atoms with Crippen molar-refractivity contribution in [2.24, 2.45) is 5.92 Å². The number of likely N-dealkylation sites (tertiary alicyclic amines) is 1. The van der Waals surface area contributed by atoms with E-state index in [1.165, 1.54) is 12.8 Å². The van der Waals surface area contributed by atoms with Crippen molar-refractivity contribution in [3.05, 3.63) is 10.5 Å². The van der Waals surface area contributed by atoms with E-state index >= 15 is 0 Å². The van der Waals surface area contributed by atoms with Gasteiger partial charge >= 0.3 is 11.7 Å². The lowest BCUT2D eigenvalue weighted by Gasteiger charge is -2.30. The summed E-state index contributed by atoms with van der Waals surface area (Å²) in [5.74, 6) is 0.905. The molecule has 0 atom stereocenters. The zero-order chi connectivity index (χ0) is 18.5. The molecule has 8 nitrogen and oxygen atoms in total. The Bertz CT molecular complexity index is 776. The zero-order valence-corrected chi connectivity index (χ0v) is 15.8. The molecule has 1 saturated heterocycles. The molecule has 0 radical (unpaired) electrons. The number of nitrogens with one attached hydrogen (secondary N) is 1. The highest BCUT2D eigenvalue weighted by molar-refractivity contribution is 5.81. The van der Waals surface area contributed by atoms with Gasteiger partial charge in [0, 0.05) is 6.54 Å². The second-order valence-corrected chi connectivity index (χ2v) is 7.04. The van der Waals surface area contributed by atoms with Crippen LogP contribution in [0, 0.1) is 5.92 Å². The second-order valence-electron chi connectivity index (χ2n) is 7.04. The van der Waals surface area contributed by atoms with Gasteiger partial charge in [-0.25, -0.2) is 4.79 Å². The minimum absolute atomic E-state index is 0.183. The standard InChI is InChI=1S/C18H30N6O2/c1-3-5-12-26-17-21-15(19)14-16(22-17)24(18(25)20-14)11-8-13-6-9-23(4-2)10-7-13/h13H,3-12H2,1-2H3,(H,20,25)(H2,19,21,22). The number of aromatic nitrogens is 4. The Morgan fingerprint density at radius 2 is 2.04 bits per heavy atom. The predicted molar refractivity (Wildman–Crippen MR) is 102 cm³/mol. The molecule has 1 aliphatic rings. The van der Waals surface area contributed by atoms with E-state index in [9.17, 15) is 4.79 Å². The minimum Gasteiger partial charge on any atom is -0.463 e. The number of aryl methyl sites for hydroxylation is 1. The van der Waals surface area contributed by atoms with Gasteiger partial charge in [-0.1, -0.05) is 20.3 Å². The molecule has 0 saturated carbocycles. The summed E-state index contributed by atoms with van der Waals surface area (Å²) < 4.78 is 7.25. The SMILES string of the molecule is CCCCOc1nc(N)c2[nH]c(=O)n(CCC3CCN(CC)CC3)c2n1. The Kier molecular flexibility index (Phi) is 6.13. The van der Waals surface area contributed by atoms with Gasteiger partial charge in [0.05, 0.1) is 6.61 Å². The van der Waals surface area contributed by atoms with E-state index in [-0.39, 0.29) is 17.5 Å². The lowest BCUT2D eigenvalue weighted by molar-refractivity contribution is 0.183. The Balaban J connectivity index is 1.73. The number of H-pyrrole nitrogens is 1. The van der Waals surface area contributed by atoms with Gasteiger partial charge in [0.15, 0.2) is 11.5 Å². The third-order valence-corrected chi connectivity index (χ3v) is 5.27. The molecule has 2 aromatic heterocycles. The topological polar surface area (TPSA) is 102 Å². The lowest BCUT2D eigenvalue weighted by Crippen LogP contribution is -2.34. The van der Waals surface area contributed by atoms with Crippen LogP contribution in [0.4, 0.5) is 5.82 Å². The Morgan fingerprint density at radius 3 is 2.73 bits per heavy atom. The number of hydrogen-bond acceptors (Lipinski definition) is 6. The molecule has 0 bridgehead atoms. The van der Waals surface area contributed by atoms with Crippen LogP contribution in [-0.4, -0.2) is 50.7 Å². The van der Waals surface area contributed by atoms with Gasteiger partial charge in [-0.2, -0.15) is 9.97 Å². The van der Waals surface area contributed by atoms with E-state index < -0.39 is 0 Å². The van der Waals surface area contributed by atoms with Crippen molar-refractivity contribution in [1.82, 2.24) is 24.4 Å². The number of anilines is 1. The molecule has 0 aromatic carbocycles. The molecular weight excluding hydrogens is 332 g/mol. The molecule has 1 aliphatic heterocycles. The van der Waals surface area contributed by atoms with Crippen LogP contribution in [-0.2, 0) is 6.54 Å². The Morgan fingerprint density at radius 1 is 1.27 bits per heavy atom. The summed E-state index contributed by atoms with van der Waals surface area (Å²) in [5, 5.41) is 0. The summed E-state index contributed by atoms with van der Waals surface area (Å²) in [7, 11) is 0. The largest absolute Gasteiger partial charge is 0.463 e. The molecule has 3 heterocycles. The number of imidazole rings is 1. The van der Waals surface area contributed by atoms with E-state index in [2.05, 4.69) is 33.7 Å². The van der Waals surface area contributed by atoms with Crippen LogP contribution in [0.1, 0.15) is 46.0 Å². The van der Waals surface area contributed by atoms with Crippen LogP contribution in [0.15, 0.2) is 4.79 Å². The average molecular weight is 362 g/mol. The van der Waals surface area contributed by atoms with E-state index in [0.29, 0.717) is 30.2 Å². The molecule has 0 aliphatic carbocycles. The first-order valence-corrected chi connectivity index (χ1v) is 9.73. The highest BCUT2D eigenvalue weighted by atomic mass is 16.5. The summed E-state index contributed by atoms with van der Waals surface area (Å²) in [6, 6.07) is 0.243. The molecule has 0 spiro atoms. The third-order valence-electron chi connectivity index (χ3n) is 5.27.